The molecule has 1 rings (SSSR count). The van der Waals surface area contributed by atoms with E-state index in [1.54, 1.807) is 6.92 Å². The highest BCUT2D eigenvalue weighted by Crippen LogP contribution is 2.16. The van der Waals surface area contributed by atoms with Crippen molar-refractivity contribution >= 4 is 18.0 Å². The molecule has 8 nitrogen and oxygen atoms in total. The van der Waals surface area contributed by atoms with Gasteiger partial charge in [0.1, 0.15) is 0 Å². The predicted molar refractivity (Wildman–Crippen MR) is 63.4 cm³/mol. The van der Waals surface area contributed by atoms with Crippen LogP contribution in [0.25, 0.3) is 0 Å². The van der Waals surface area contributed by atoms with Crippen molar-refractivity contribution in [2.45, 2.75) is 25.9 Å². The highest BCUT2D eigenvalue weighted by molar-refractivity contribution is 5.81. The summed E-state index contributed by atoms with van der Waals surface area (Å²) >= 11 is 0. The van der Waals surface area contributed by atoms with E-state index in [0.29, 0.717) is 0 Å². The van der Waals surface area contributed by atoms with Crippen molar-refractivity contribution in [3.63, 3.8) is 0 Å². The predicted octanol–water partition coefficient (Wildman–Crippen LogP) is -0.879. The first-order valence-corrected chi connectivity index (χ1v) is 5.90. The van der Waals surface area contributed by atoms with Crippen LogP contribution in [0.4, 0.5) is 4.79 Å². The summed E-state index contributed by atoms with van der Waals surface area (Å²) in [4.78, 5) is 36.1. The fourth-order valence-electron chi connectivity index (χ4n) is 2.17. The summed E-state index contributed by atoms with van der Waals surface area (Å²) in [5, 5.41) is 18.2. The van der Waals surface area contributed by atoms with Gasteiger partial charge in [-0.3, -0.25) is 9.59 Å². The first kappa shape index (κ1) is 15.2. The smallest absolute Gasteiger partial charge is 0.407 e. The van der Waals surface area contributed by atoms with Crippen molar-refractivity contribution in [3.05, 3.63) is 0 Å². The number of piperazine rings is 1. The summed E-state index contributed by atoms with van der Waals surface area (Å²) in [6, 6.07) is -1.01. The molecule has 108 valence electrons. The van der Waals surface area contributed by atoms with E-state index in [4.69, 9.17) is 5.11 Å². The molecule has 0 aliphatic carbocycles. The second kappa shape index (κ2) is 6.37. The van der Waals surface area contributed by atoms with Gasteiger partial charge in [0.15, 0.2) is 6.61 Å². The summed E-state index contributed by atoms with van der Waals surface area (Å²) in [7, 11) is 0. The van der Waals surface area contributed by atoms with Gasteiger partial charge in [-0.2, -0.15) is 0 Å². The summed E-state index contributed by atoms with van der Waals surface area (Å²) in [6.07, 6.45) is -1.09. The van der Waals surface area contributed by atoms with Gasteiger partial charge in [0.2, 0.25) is 0 Å². The molecule has 0 aromatic carbocycles. The number of hydrogen-bond acceptors (Lipinski definition) is 5. The quantitative estimate of drug-likeness (QED) is 0.647. The Bertz CT molecular complexity index is 372. The second-order valence-electron chi connectivity index (χ2n) is 4.45. The molecule has 0 aromatic rings. The van der Waals surface area contributed by atoms with Crippen LogP contribution in [0.1, 0.15) is 13.8 Å². The van der Waals surface area contributed by atoms with Crippen molar-refractivity contribution < 1.29 is 29.3 Å². The van der Waals surface area contributed by atoms with Gasteiger partial charge in [0.05, 0.1) is 12.6 Å². The summed E-state index contributed by atoms with van der Waals surface area (Å²) < 4.78 is 4.63. The van der Waals surface area contributed by atoms with E-state index >= 15 is 0 Å². The van der Waals surface area contributed by atoms with Gasteiger partial charge < -0.3 is 24.7 Å². The lowest BCUT2D eigenvalue weighted by atomic mass is 10.1. The molecule has 2 amide bonds. The van der Waals surface area contributed by atoms with Crippen LogP contribution in [0, 0.1) is 0 Å². The van der Waals surface area contributed by atoms with Gasteiger partial charge in [-0.1, -0.05) is 0 Å². The minimum Gasteiger partial charge on any atom is -0.465 e. The number of aliphatic hydroxyl groups excluding tert-OH is 1. The minimum atomic E-state index is -1.09. The maximum atomic E-state index is 11.9. The van der Waals surface area contributed by atoms with E-state index in [2.05, 4.69) is 4.74 Å². The number of ether oxygens (including phenoxy) is 1. The molecule has 19 heavy (non-hydrogen) atoms. The maximum Gasteiger partial charge on any atom is 0.407 e. The molecule has 0 radical (unpaired) electrons. The van der Waals surface area contributed by atoms with E-state index in [9.17, 15) is 19.5 Å². The Morgan fingerprint density at radius 3 is 2.42 bits per heavy atom. The number of aliphatic hydroxyl groups is 1. The van der Waals surface area contributed by atoms with Crippen LogP contribution < -0.4 is 0 Å². The van der Waals surface area contributed by atoms with E-state index in [1.807, 2.05) is 0 Å². The lowest BCUT2D eigenvalue weighted by Gasteiger charge is -2.43. The average molecular weight is 274 g/mol. The Labute approximate surface area is 110 Å². The average Bonchev–Trinajstić information content (AvgIpc) is 2.34. The molecule has 0 aromatic heterocycles. The monoisotopic (exact) mass is 274 g/mol. The third kappa shape index (κ3) is 3.82. The van der Waals surface area contributed by atoms with E-state index in [0.717, 1.165) is 4.90 Å². The Kier molecular flexibility index (Phi) is 5.11. The zero-order valence-corrected chi connectivity index (χ0v) is 10.9. The van der Waals surface area contributed by atoms with E-state index in [1.165, 1.54) is 11.8 Å². The van der Waals surface area contributed by atoms with Gasteiger partial charge in [-0.15, -0.1) is 0 Å². The molecule has 0 spiro atoms. The van der Waals surface area contributed by atoms with Gasteiger partial charge in [0, 0.05) is 26.1 Å². The molecule has 1 aliphatic rings. The third-order valence-electron chi connectivity index (χ3n) is 2.95. The summed E-state index contributed by atoms with van der Waals surface area (Å²) in [6.45, 7) is 2.34. The number of esters is 1. The standard InChI is InChI=1S/C11H18N2O6/c1-7-3-12(11(17)18)4-9(5-14)13(7)10(16)6-19-8(2)15/h7,9,14H,3-6H2,1-2H3,(H,17,18)/t7-,9+/m0/s1. The highest BCUT2D eigenvalue weighted by Gasteiger charge is 2.36. The number of hydrogen-bond donors (Lipinski definition) is 2. The van der Waals surface area contributed by atoms with Crippen molar-refractivity contribution in [1.82, 2.24) is 9.80 Å². The van der Waals surface area contributed by atoms with Crippen LogP contribution in [0.3, 0.4) is 0 Å². The molecule has 1 aliphatic heterocycles. The second-order valence-corrected chi connectivity index (χ2v) is 4.45. The molecule has 0 bridgehead atoms. The maximum absolute atomic E-state index is 11.9. The fourth-order valence-corrected chi connectivity index (χ4v) is 2.17. The molecule has 1 saturated heterocycles. The number of carboxylic acid groups (broad SMARTS) is 1. The van der Waals surface area contributed by atoms with Gasteiger partial charge >= 0.3 is 12.1 Å². The Hall–Kier alpha value is -1.83. The Morgan fingerprint density at radius 1 is 1.32 bits per heavy atom. The lowest BCUT2D eigenvalue weighted by molar-refractivity contribution is -0.155. The number of carbonyl (C=O) groups is 3. The van der Waals surface area contributed by atoms with Crippen LogP contribution in [-0.4, -0.2) is 76.4 Å². The molecule has 1 fully saturated rings. The SMILES string of the molecule is CC(=O)OCC(=O)N1[C@@H](CO)CN(C(=O)O)C[C@@H]1C. The van der Waals surface area contributed by atoms with Crippen molar-refractivity contribution in [2.75, 3.05) is 26.3 Å². The van der Waals surface area contributed by atoms with Gasteiger partial charge in [-0.25, -0.2) is 4.79 Å². The number of nitrogens with zero attached hydrogens (tertiary/aromatic N) is 2. The number of carbonyl (C=O) groups excluding carboxylic acids is 2. The molecule has 1 heterocycles. The zero-order chi connectivity index (χ0) is 14.6. The van der Waals surface area contributed by atoms with E-state index < -0.39 is 30.6 Å². The molecule has 0 saturated carbocycles. The van der Waals surface area contributed by atoms with Crippen LogP contribution in [0.5, 0.6) is 0 Å². The minimum absolute atomic E-state index is 0.0436. The first-order valence-electron chi connectivity index (χ1n) is 5.90. The van der Waals surface area contributed by atoms with E-state index in [-0.39, 0.29) is 25.7 Å². The van der Waals surface area contributed by atoms with Crippen LogP contribution in [0.2, 0.25) is 0 Å². The van der Waals surface area contributed by atoms with Crippen molar-refractivity contribution in [3.8, 4) is 0 Å². The normalized spacial score (nSPS) is 23.1. The number of amides is 2. The topological polar surface area (TPSA) is 107 Å². The first-order chi connectivity index (χ1) is 8.86. The highest BCUT2D eigenvalue weighted by atomic mass is 16.5. The third-order valence-corrected chi connectivity index (χ3v) is 2.95. The van der Waals surface area contributed by atoms with Gasteiger partial charge in [0.25, 0.3) is 5.91 Å². The van der Waals surface area contributed by atoms with Crippen LogP contribution in [0.15, 0.2) is 0 Å². The van der Waals surface area contributed by atoms with Crippen molar-refractivity contribution in [2.24, 2.45) is 0 Å². The fraction of sp³-hybridized carbons (Fsp3) is 0.727. The Balaban J connectivity index is 2.73. The van der Waals surface area contributed by atoms with Crippen LogP contribution >= 0.6 is 0 Å². The molecular weight excluding hydrogens is 256 g/mol. The molecule has 2 N–H and O–H groups in total. The van der Waals surface area contributed by atoms with Crippen LogP contribution in [-0.2, 0) is 14.3 Å². The zero-order valence-electron chi connectivity index (χ0n) is 10.9. The Morgan fingerprint density at radius 2 is 1.95 bits per heavy atom. The molecule has 0 unspecified atom stereocenters. The molecular formula is C11H18N2O6. The summed E-state index contributed by atoms with van der Waals surface area (Å²) in [5.41, 5.74) is 0. The largest absolute Gasteiger partial charge is 0.465 e. The number of rotatable bonds is 3. The molecule has 2 atom stereocenters. The van der Waals surface area contributed by atoms with Crippen molar-refractivity contribution in [1.29, 1.82) is 0 Å². The summed E-state index contributed by atoms with van der Waals surface area (Å²) in [5.74, 6) is -1.00. The lowest BCUT2D eigenvalue weighted by Crippen LogP contribution is -2.62. The molecule has 8 heteroatoms. The van der Waals surface area contributed by atoms with Gasteiger partial charge in [-0.05, 0) is 6.92 Å².